The summed E-state index contributed by atoms with van der Waals surface area (Å²) in [5.41, 5.74) is -1.74. The summed E-state index contributed by atoms with van der Waals surface area (Å²) in [5, 5.41) is 9.37. The second-order valence-electron chi connectivity index (χ2n) is 3.28. The van der Waals surface area contributed by atoms with Crippen LogP contribution >= 0.6 is 12.6 Å². The van der Waals surface area contributed by atoms with Crippen LogP contribution in [0.4, 0.5) is 13.2 Å². The van der Waals surface area contributed by atoms with Gasteiger partial charge in [-0.15, -0.1) is 12.6 Å². The fourth-order valence-electron chi connectivity index (χ4n) is 1.28. The summed E-state index contributed by atoms with van der Waals surface area (Å²) in [6.45, 7) is 1.24. The fraction of sp³-hybridized carbons (Fsp3) is 0.300. The van der Waals surface area contributed by atoms with Gasteiger partial charge in [-0.05, 0) is 13.0 Å². The van der Waals surface area contributed by atoms with Gasteiger partial charge in [-0.25, -0.2) is 4.79 Å². The monoisotopic (exact) mass is 266 g/mol. The molecule has 1 rings (SSSR count). The number of hydrogen-bond acceptors (Lipinski definition) is 4. The topological polar surface area (TPSA) is 46.5 Å². The highest BCUT2D eigenvalue weighted by atomic mass is 32.1. The largest absolute Gasteiger partial charge is 0.507 e. The summed E-state index contributed by atoms with van der Waals surface area (Å²) in [7, 11) is 1.05. The van der Waals surface area contributed by atoms with E-state index in [2.05, 4.69) is 17.4 Å². The predicted octanol–water partition coefficient (Wildman–Crippen LogP) is 2.79. The number of carbonyl (C=O) groups excluding carboxylic acids is 1. The zero-order valence-corrected chi connectivity index (χ0v) is 9.82. The van der Waals surface area contributed by atoms with Crippen LogP contribution in [0.2, 0.25) is 0 Å². The number of benzene rings is 1. The molecule has 1 N–H and O–H groups in total. The van der Waals surface area contributed by atoms with E-state index in [9.17, 15) is 23.1 Å². The van der Waals surface area contributed by atoms with E-state index in [0.717, 1.165) is 7.11 Å². The molecule has 0 unspecified atom stereocenters. The average Bonchev–Trinajstić information content (AvgIpc) is 2.23. The van der Waals surface area contributed by atoms with Crippen molar-refractivity contribution < 1.29 is 27.8 Å². The highest BCUT2D eigenvalue weighted by Gasteiger charge is 2.36. The van der Waals surface area contributed by atoms with E-state index in [1.807, 2.05) is 0 Å². The van der Waals surface area contributed by atoms with Gasteiger partial charge in [0.25, 0.3) is 0 Å². The number of ether oxygens (including phenoxy) is 1. The first-order valence-electron chi connectivity index (χ1n) is 4.41. The summed E-state index contributed by atoms with van der Waals surface area (Å²) in [6, 6.07) is 0.524. The highest BCUT2D eigenvalue weighted by molar-refractivity contribution is 7.80. The molecule has 0 saturated heterocycles. The summed E-state index contributed by atoms with van der Waals surface area (Å²) in [6.07, 6.45) is -4.75. The zero-order valence-electron chi connectivity index (χ0n) is 8.92. The summed E-state index contributed by atoms with van der Waals surface area (Å²) >= 11 is 3.89. The minimum Gasteiger partial charge on any atom is -0.507 e. The molecule has 17 heavy (non-hydrogen) atoms. The maximum Gasteiger partial charge on any atom is 0.419 e. The lowest BCUT2D eigenvalue weighted by Crippen LogP contribution is -2.11. The van der Waals surface area contributed by atoms with Crippen molar-refractivity contribution in [3.05, 3.63) is 22.8 Å². The molecule has 0 fully saturated rings. The van der Waals surface area contributed by atoms with Gasteiger partial charge in [-0.2, -0.15) is 13.2 Å². The molecule has 7 heteroatoms. The minimum absolute atomic E-state index is 0.0395. The smallest absolute Gasteiger partial charge is 0.419 e. The number of aromatic hydroxyl groups is 1. The highest BCUT2D eigenvalue weighted by Crippen LogP contribution is 2.40. The Balaban J connectivity index is 3.56. The number of rotatable bonds is 1. The van der Waals surface area contributed by atoms with Crippen LogP contribution < -0.4 is 0 Å². The molecule has 3 nitrogen and oxygen atoms in total. The molecule has 0 aliphatic carbocycles. The third kappa shape index (κ3) is 2.49. The number of methoxy groups -OCH3 is 1. The molecule has 0 spiro atoms. The summed E-state index contributed by atoms with van der Waals surface area (Å²) in [4.78, 5) is 11.2. The van der Waals surface area contributed by atoms with Gasteiger partial charge in [0.15, 0.2) is 0 Å². The second kappa shape index (κ2) is 4.48. The molecule has 0 radical (unpaired) electrons. The molecular weight excluding hydrogens is 257 g/mol. The SMILES string of the molecule is COC(=O)c1cc(C(F)(F)F)c(O)c(C)c1S. The Bertz CT molecular complexity index is 469. The first kappa shape index (κ1) is 13.7. The van der Waals surface area contributed by atoms with Gasteiger partial charge in [-0.3, -0.25) is 0 Å². The van der Waals surface area contributed by atoms with Gasteiger partial charge in [0.2, 0.25) is 0 Å². The zero-order chi connectivity index (χ0) is 13.4. The Kier molecular flexibility index (Phi) is 3.61. The number of carbonyl (C=O) groups is 1. The molecule has 0 bridgehead atoms. The van der Waals surface area contributed by atoms with Crippen molar-refractivity contribution in [3.63, 3.8) is 0 Å². The molecule has 0 saturated carbocycles. The third-order valence-electron chi connectivity index (χ3n) is 2.22. The quantitative estimate of drug-likeness (QED) is 0.607. The van der Waals surface area contributed by atoms with Gasteiger partial charge >= 0.3 is 12.1 Å². The maximum absolute atomic E-state index is 12.6. The van der Waals surface area contributed by atoms with Gasteiger partial charge in [0.1, 0.15) is 5.75 Å². The van der Waals surface area contributed by atoms with E-state index >= 15 is 0 Å². The third-order valence-corrected chi connectivity index (χ3v) is 2.80. The van der Waals surface area contributed by atoms with Crippen LogP contribution in [0.5, 0.6) is 5.75 Å². The van der Waals surface area contributed by atoms with Gasteiger partial charge in [-0.1, -0.05) is 0 Å². The Morgan fingerprint density at radius 3 is 2.41 bits per heavy atom. The van der Waals surface area contributed by atoms with Crippen LogP contribution in [-0.4, -0.2) is 18.2 Å². The predicted molar refractivity (Wildman–Crippen MR) is 56.4 cm³/mol. The van der Waals surface area contributed by atoms with Gasteiger partial charge in [0.05, 0.1) is 18.2 Å². The van der Waals surface area contributed by atoms with Crippen LogP contribution in [0.3, 0.4) is 0 Å². The first-order valence-corrected chi connectivity index (χ1v) is 4.86. The molecule has 0 amide bonds. The second-order valence-corrected chi connectivity index (χ2v) is 3.73. The average molecular weight is 266 g/mol. The van der Waals surface area contributed by atoms with Crippen molar-refractivity contribution in [2.45, 2.75) is 18.0 Å². The lowest BCUT2D eigenvalue weighted by atomic mass is 10.0. The molecule has 0 aliphatic heterocycles. The van der Waals surface area contributed by atoms with Crippen molar-refractivity contribution >= 4 is 18.6 Å². The van der Waals surface area contributed by atoms with E-state index in [1.165, 1.54) is 6.92 Å². The number of thiol groups is 1. The van der Waals surface area contributed by atoms with Crippen molar-refractivity contribution in [1.82, 2.24) is 0 Å². The van der Waals surface area contributed by atoms with Crippen LogP contribution in [0, 0.1) is 6.92 Å². The standard InChI is InChI=1S/C10H9F3O3S/c1-4-7(14)6(10(11,12)13)3-5(8(4)17)9(15)16-2/h3,14,17H,1-2H3. The van der Waals surface area contributed by atoms with E-state index in [4.69, 9.17) is 0 Å². The lowest BCUT2D eigenvalue weighted by molar-refractivity contribution is -0.138. The molecule has 94 valence electrons. The van der Waals surface area contributed by atoms with Crippen LogP contribution in [-0.2, 0) is 10.9 Å². The number of hydrogen-bond donors (Lipinski definition) is 2. The number of halogens is 3. The molecule has 0 aromatic heterocycles. The van der Waals surface area contributed by atoms with Crippen LogP contribution in [0.25, 0.3) is 0 Å². The van der Waals surface area contributed by atoms with E-state index < -0.39 is 23.5 Å². The van der Waals surface area contributed by atoms with Gasteiger partial charge in [0, 0.05) is 10.5 Å². The normalized spacial score (nSPS) is 11.4. The summed E-state index contributed by atoms with van der Waals surface area (Å²) < 4.78 is 42.1. The minimum atomic E-state index is -4.75. The maximum atomic E-state index is 12.6. The summed E-state index contributed by atoms with van der Waals surface area (Å²) in [5.74, 6) is -1.88. The molecule has 0 atom stereocenters. The Hall–Kier alpha value is -1.37. The van der Waals surface area contributed by atoms with Gasteiger partial charge < -0.3 is 9.84 Å². The Morgan fingerprint density at radius 1 is 1.47 bits per heavy atom. The molecular formula is C10H9F3O3S. The van der Waals surface area contributed by atoms with Crippen LogP contribution in [0.1, 0.15) is 21.5 Å². The fourth-order valence-corrected chi connectivity index (χ4v) is 1.54. The van der Waals surface area contributed by atoms with Crippen LogP contribution in [0.15, 0.2) is 11.0 Å². The number of phenolic OH excluding ortho intramolecular Hbond substituents is 1. The lowest BCUT2D eigenvalue weighted by Gasteiger charge is -2.15. The molecule has 0 heterocycles. The molecule has 1 aromatic rings. The van der Waals surface area contributed by atoms with Crippen molar-refractivity contribution in [1.29, 1.82) is 0 Å². The Morgan fingerprint density at radius 2 is 2.00 bits per heavy atom. The first-order chi connectivity index (χ1) is 7.70. The van der Waals surface area contributed by atoms with Crippen molar-refractivity contribution in [2.75, 3.05) is 7.11 Å². The Labute approximate surface area is 101 Å². The van der Waals surface area contributed by atoms with E-state index in [0.29, 0.717) is 6.07 Å². The number of esters is 1. The van der Waals surface area contributed by atoms with Crippen molar-refractivity contribution in [2.24, 2.45) is 0 Å². The molecule has 0 aliphatic rings. The molecule has 1 aromatic carbocycles. The van der Waals surface area contributed by atoms with Crippen molar-refractivity contribution in [3.8, 4) is 5.75 Å². The number of alkyl halides is 3. The number of phenols is 1. The van der Waals surface area contributed by atoms with E-state index in [-0.39, 0.29) is 16.0 Å². The van der Waals surface area contributed by atoms with E-state index in [1.54, 1.807) is 0 Å².